The Balaban J connectivity index is 1.75. The number of rotatable bonds is 6. The van der Waals surface area contributed by atoms with Gasteiger partial charge in [0.25, 0.3) is 0 Å². The van der Waals surface area contributed by atoms with Crippen LogP contribution in [0, 0.1) is 0 Å². The first-order valence-corrected chi connectivity index (χ1v) is 7.23. The van der Waals surface area contributed by atoms with Crippen LogP contribution in [0.15, 0.2) is 22.7 Å². The summed E-state index contributed by atoms with van der Waals surface area (Å²) in [7, 11) is 1.69. The van der Waals surface area contributed by atoms with Crippen molar-refractivity contribution in [2.75, 3.05) is 20.3 Å². The highest BCUT2D eigenvalue weighted by Crippen LogP contribution is 2.22. The van der Waals surface area contributed by atoms with E-state index < -0.39 is 0 Å². The maximum atomic E-state index is 5.60. The van der Waals surface area contributed by atoms with Gasteiger partial charge in [0.15, 0.2) is 0 Å². The Labute approximate surface area is 117 Å². The zero-order chi connectivity index (χ0) is 12.8. The molecule has 100 valence electrons. The second-order valence-corrected chi connectivity index (χ2v) is 5.41. The minimum Gasteiger partial charge on any atom is -0.497 e. The molecule has 0 spiro atoms. The highest BCUT2D eigenvalue weighted by molar-refractivity contribution is 9.10. The summed E-state index contributed by atoms with van der Waals surface area (Å²) in [5, 5.41) is 3.46. The molecular weight excluding hydrogens is 294 g/mol. The van der Waals surface area contributed by atoms with Gasteiger partial charge in [0.05, 0.1) is 13.2 Å². The quantitative estimate of drug-likeness (QED) is 0.819. The molecule has 3 nitrogen and oxygen atoms in total. The van der Waals surface area contributed by atoms with Gasteiger partial charge in [0.1, 0.15) is 5.75 Å². The van der Waals surface area contributed by atoms with Crippen molar-refractivity contribution >= 4 is 15.9 Å². The summed E-state index contributed by atoms with van der Waals surface area (Å²) >= 11 is 3.56. The second-order valence-electron chi connectivity index (χ2n) is 4.56. The molecule has 0 bridgehead atoms. The topological polar surface area (TPSA) is 30.5 Å². The highest BCUT2D eigenvalue weighted by atomic mass is 79.9. The zero-order valence-electron chi connectivity index (χ0n) is 10.7. The first kappa shape index (κ1) is 13.8. The Kier molecular flexibility index (Phi) is 5.47. The molecule has 1 aliphatic heterocycles. The van der Waals surface area contributed by atoms with Gasteiger partial charge in [-0.15, -0.1) is 0 Å². The van der Waals surface area contributed by atoms with Crippen LogP contribution in [0.3, 0.4) is 0 Å². The zero-order valence-corrected chi connectivity index (χ0v) is 12.3. The summed E-state index contributed by atoms with van der Waals surface area (Å²) in [6.07, 6.45) is 3.99. The smallest absolute Gasteiger partial charge is 0.119 e. The van der Waals surface area contributed by atoms with Crippen LogP contribution in [0.5, 0.6) is 5.75 Å². The first-order valence-electron chi connectivity index (χ1n) is 6.44. The van der Waals surface area contributed by atoms with Gasteiger partial charge in [-0.2, -0.15) is 0 Å². The lowest BCUT2D eigenvalue weighted by Gasteiger charge is -2.11. The van der Waals surface area contributed by atoms with Gasteiger partial charge >= 0.3 is 0 Å². The summed E-state index contributed by atoms with van der Waals surface area (Å²) in [4.78, 5) is 0. The van der Waals surface area contributed by atoms with Crippen molar-refractivity contribution in [3.63, 3.8) is 0 Å². The van der Waals surface area contributed by atoms with Gasteiger partial charge in [0, 0.05) is 17.6 Å². The van der Waals surface area contributed by atoms with Crippen LogP contribution >= 0.6 is 15.9 Å². The van der Waals surface area contributed by atoms with Gasteiger partial charge in [-0.1, -0.05) is 15.9 Å². The Morgan fingerprint density at radius 2 is 2.39 bits per heavy atom. The van der Waals surface area contributed by atoms with Crippen molar-refractivity contribution in [1.82, 2.24) is 5.32 Å². The monoisotopic (exact) mass is 313 g/mol. The van der Waals surface area contributed by atoms with E-state index >= 15 is 0 Å². The van der Waals surface area contributed by atoms with Crippen LogP contribution < -0.4 is 10.1 Å². The standard InChI is InChI=1S/C14H20BrNO2/c1-17-13-4-5-14(15)11(9-13)10-16-7-6-12-3-2-8-18-12/h4-5,9,12,16H,2-3,6-8,10H2,1H3. The van der Waals surface area contributed by atoms with E-state index in [4.69, 9.17) is 9.47 Å². The van der Waals surface area contributed by atoms with Crippen LogP contribution in [0.1, 0.15) is 24.8 Å². The number of methoxy groups -OCH3 is 1. The third-order valence-corrected chi connectivity index (χ3v) is 4.01. The Hall–Kier alpha value is -0.580. The lowest BCUT2D eigenvalue weighted by atomic mass is 10.1. The fourth-order valence-electron chi connectivity index (χ4n) is 2.17. The minimum absolute atomic E-state index is 0.464. The molecule has 1 aromatic carbocycles. The average Bonchev–Trinajstić information content (AvgIpc) is 2.89. The molecule has 4 heteroatoms. The molecule has 0 amide bonds. The molecule has 1 aliphatic rings. The fraction of sp³-hybridized carbons (Fsp3) is 0.571. The average molecular weight is 314 g/mol. The third-order valence-electron chi connectivity index (χ3n) is 3.24. The molecule has 1 N–H and O–H groups in total. The van der Waals surface area contributed by atoms with E-state index in [-0.39, 0.29) is 0 Å². The first-order chi connectivity index (χ1) is 8.79. The Morgan fingerprint density at radius 3 is 3.11 bits per heavy atom. The second kappa shape index (κ2) is 7.12. The van der Waals surface area contributed by atoms with Gasteiger partial charge in [-0.3, -0.25) is 0 Å². The van der Waals surface area contributed by atoms with Gasteiger partial charge in [-0.05, 0) is 49.6 Å². The largest absolute Gasteiger partial charge is 0.497 e. The summed E-state index contributed by atoms with van der Waals surface area (Å²) in [6, 6.07) is 6.04. The molecule has 1 aromatic rings. The molecule has 0 radical (unpaired) electrons. The number of halogens is 1. The van der Waals surface area contributed by atoms with Crippen molar-refractivity contribution < 1.29 is 9.47 Å². The highest BCUT2D eigenvalue weighted by Gasteiger charge is 2.14. The minimum atomic E-state index is 0.464. The predicted octanol–water partition coefficient (Wildman–Crippen LogP) is 3.12. The predicted molar refractivity (Wildman–Crippen MR) is 76.0 cm³/mol. The molecule has 1 saturated heterocycles. The van der Waals surface area contributed by atoms with Gasteiger partial charge < -0.3 is 14.8 Å². The third kappa shape index (κ3) is 3.97. The molecule has 1 unspecified atom stereocenters. The van der Waals surface area contributed by atoms with Crippen LogP contribution in [0.25, 0.3) is 0 Å². The van der Waals surface area contributed by atoms with Gasteiger partial charge in [0.2, 0.25) is 0 Å². The van der Waals surface area contributed by atoms with E-state index in [9.17, 15) is 0 Å². The lowest BCUT2D eigenvalue weighted by molar-refractivity contribution is 0.104. The molecule has 0 aliphatic carbocycles. The summed E-state index contributed by atoms with van der Waals surface area (Å²) < 4.78 is 11.9. The van der Waals surface area contributed by atoms with E-state index in [1.807, 2.05) is 12.1 Å². The van der Waals surface area contributed by atoms with E-state index in [2.05, 4.69) is 27.3 Å². The van der Waals surface area contributed by atoms with Crippen LogP contribution in [0.2, 0.25) is 0 Å². The summed E-state index contributed by atoms with van der Waals surface area (Å²) in [6.45, 7) is 2.78. The van der Waals surface area contributed by atoms with Crippen molar-refractivity contribution in [2.24, 2.45) is 0 Å². The normalized spacial score (nSPS) is 19.1. The summed E-state index contributed by atoms with van der Waals surface area (Å²) in [5.41, 5.74) is 1.22. The lowest BCUT2D eigenvalue weighted by Crippen LogP contribution is -2.20. The number of hydrogen-bond acceptors (Lipinski definition) is 3. The number of benzene rings is 1. The maximum Gasteiger partial charge on any atom is 0.119 e. The van der Waals surface area contributed by atoms with E-state index in [0.717, 1.165) is 36.3 Å². The number of ether oxygens (including phenoxy) is 2. The van der Waals surface area contributed by atoms with Crippen molar-refractivity contribution in [1.29, 1.82) is 0 Å². The molecule has 1 atom stereocenters. The summed E-state index contributed by atoms with van der Waals surface area (Å²) in [5.74, 6) is 0.897. The SMILES string of the molecule is COc1ccc(Br)c(CNCCC2CCCO2)c1. The molecular formula is C14H20BrNO2. The molecule has 18 heavy (non-hydrogen) atoms. The van der Waals surface area contributed by atoms with E-state index in [0.29, 0.717) is 6.10 Å². The fourth-order valence-corrected chi connectivity index (χ4v) is 2.56. The van der Waals surface area contributed by atoms with Crippen molar-refractivity contribution in [3.8, 4) is 5.75 Å². The van der Waals surface area contributed by atoms with E-state index in [1.165, 1.54) is 18.4 Å². The van der Waals surface area contributed by atoms with Gasteiger partial charge in [-0.25, -0.2) is 0 Å². The Morgan fingerprint density at radius 1 is 1.50 bits per heavy atom. The number of hydrogen-bond donors (Lipinski definition) is 1. The van der Waals surface area contributed by atoms with Crippen LogP contribution in [-0.4, -0.2) is 26.4 Å². The molecule has 0 saturated carbocycles. The number of nitrogens with one attached hydrogen (secondary N) is 1. The molecule has 0 aromatic heterocycles. The van der Waals surface area contributed by atoms with Crippen LogP contribution in [-0.2, 0) is 11.3 Å². The Bertz CT molecular complexity index is 378. The van der Waals surface area contributed by atoms with Crippen molar-refractivity contribution in [2.45, 2.75) is 31.9 Å². The molecule has 2 rings (SSSR count). The molecule has 1 fully saturated rings. The van der Waals surface area contributed by atoms with Crippen LogP contribution in [0.4, 0.5) is 0 Å². The molecule has 1 heterocycles. The maximum absolute atomic E-state index is 5.60. The van der Waals surface area contributed by atoms with E-state index in [1.54, 1.807) is 7.11 Å². The van der Waals surface area contributed by atoms with Crippen molar-refractivity contribution in [3.05, 3.63) is 28.2 Å².